The average molecular weight is 360 g/mol. The summed E-state index contributed by atoms with van der Waals surface area (Å²) in [6, 6.07) is 7.25. The number of hydrogen-bond acceptors (Lipinski definition) is 5. The molecule has 0 aliphatic carbocycles. The minimum atomic E-state index is -0.940. The van der Waals surface area contributed by atoms with E-state index in [0.29, 0.717) is 12.2 Å². The summed E-state index contributed by atoms with van der Waals surface area (Å²) < 4.78 is 6.72. The Morgan fingerprint density at radius 3 is 2.46 bits per heavy atom. The van der Waals surface area contributed by atoms with Gasteiger partial charge in [0.05, 0.1) is 24.9 Å². The lowest BCUT2D eigenvalue weighted by atomic mass is 10.2. The van der Waals surface area contributed by atoms with E-state index in [0.717, 1.165) is 11.4 Å². The van der Waals surface area contributed by atoms with Crippen LogP contribution < -0.4 is 4.74 Å². The normalized spacial score (nSPS) is 10.8. The fourth-order valence-electron chi connectivity index (χ4n) is 2.59. The zero-order valence-corrected chi connectivity index (χ0v) is 15.5. The number of aromatic nitrogens is 3. The Morgan fingerprint density at radius 1 is 1.27 bits per heavy atom. The summed E-state index contributed by atoms with van der Waals surface area (Å²) in [7, 11) is 1.59. The van der Waals surface area contributed by atoms with Crippen molar-refractivity contribution in [1.82, 2.24) is 19.9 Å². The first kappa shape index (κ1) is 19.4. The molecule has 1 N–H and O–H groups in total. The Hall–Kier alpha value is -2.90. The Kier molecular flexibility index (Phi) is 6.32. The molecule has 0 atom stereocenters. The molecule has 1 aromatic carbocycles. The molecule has 8 heteroatoms. The highest BCUT2D eigenvalue weighted by Gasteiger charge is 2.24. The molecule has 0 fully saturated rings. The predicted octanol–water partition coefficient (Wildman–Crippen LogP) is 2.16. The summed E-state index contributed by atoms with van der Waals surface area (Å²) >= 11 is 0. The number of carboxylic acid groups (broad SMARTS) is 1. The predicted molar refractivity (Wildman–Crippen MR) is 95.6 cm³/mol. The monoisotopic (exact) mass is 360 g/mol. The molecule has 1 amide bonds. The second-order valence-corrected chi connectivity index (χ2v) is 6.42. The summed E-state index contributed by atoms with van der Waals surface area (Å²) in [5.74, 6) is -0.313. The van der Waals surface area contributed by atoms with Crippen LogP contribution in [0.1, 0.15) is 36.5 Å². The lowest BCUT2D eigenvalue weighted by molar-refractivity contribution is -0.137. The van der Waals surface area contributed by atoms with Gasteiger partial charge < -0.3 is 14.7 Å². The number of ether oxygens (including phenoxy) is 1. The minimum Gasteiger partial charge on any atom is -0.497 e. The van der Waals surface area contributed by atoms with Gasteiger partial charge in [0.2, 0.25) is 0 Å². The first-order valence-corrected chi connectivity index (χ1v) is 8.41. The molecule has 2 rings (SSSR count). The number of carboxylic acids is 1. The van der Waals surface area contributed by atoms with Gasteiger partial charge in [-0.15, -0.1) is 5.10 Å². The summed E-state index contributed by atoms with van der Waals surface area (Å²) in [5.41, 5.74) is 1.59. The van der Waals surface area contributed by atoms with Crippen LogP contribution in [0.3, 0.4) is 0 Å². The van der Waals surface area contributed by atoms with Gasteiger partial charge in [0.25, 0.3) is 5.91 Å². The molecule has 0 unspecified atom stereocenters. The Bertz CT molecular complexity index is 768. The van der Waals surface area contributed by atoms with E-state index in [1.54, 1.807) is 30.8 Å². The fraction of sp³-hybridized carbons (Fsp3) is 0.444. The molecule has 0 aliphatic heterocycles. The highest BCUT2D eigenvalue weighted by atomic mass is 16.5. The van der Waals surface area contributed by atoms with Gasteiger partial charge in [-0.25, -0.2) is 4.68 Å². The molecule has 0 radical (unpaired) electrons. The van der Waals surface area contributed by atoms with Crippen molar-refractivity contribution in [2.24, 2.45) is 5.92 Å². The van der Waals surface area contributed by atoms with Gasteiger partial charge in [-0.2, -0.15) is 0 Å². The summed E-state index contributed by atoms with van der Waals surface area (Å²) in [5, 5.41) is 17.0. The molecule has 2 aromatic rings. The smallest absolute Gasteiger partial charge is 0.305 e. The Morgan fingerprint density at radius 2 is 1.92 bits per heavy atom. The van der Waals surface area contributed by atoms with Gasteiger partial charge in [0, 0.05) is 13.1 Å². The Balaban J connectivity index is 2.26. The maximum Gasteiger partial charge on any atom is 0.305 e. The van der Waals surface area contributed by atoms with E-state index in [2.05, 4.69) is 10.3 Å². The van der Waals surface area contributed by atoms with Crippen LogP contribution in [-0.4, -0.2) is 57.1 Å². The molecule has 0 spiro atoms. The molecule has 0 saturated carbocycles. The topological polar surface area (TPSA) is 97.5 Å². The van der Waals surface area contributed by atoms with Gasteiger partial charge in [-0.05, 0) is 37.1 Å². The number of rotatable bonds is 8. The van der Waals surface area contributed by atoms with Crippen LogP contribution in [-0.2, 0) is 4.79 Å². The number of methoxy groups -OCH3 is 1. The summed E-state index contributed by atoms with van der Waals surface area (Å²) in [4.78, 5) is 25.3. The molecular formula is C18H24N4O4. The molecule has 0 saturated heterocycles. The van der Waals surface area contributed by atoms with Crippen molar-refractivity contribution >= 4 is 11.9 Å². The van der Waals surface area contributed by atoms with Crippen LogP contribution >= 0.6 is 0 Å². The first-order valence-electron chi connectivity index (χ1n) is 8.41. The third-order valence-corrected chi connectivity index (χ3v) is 3.88. The largest absolute Gasteiger partial charge is 0.497 e. The second kappa shape index (κ2) is 8.46. The van der Waals surface area contributed by atoms with Crippen molar-refractivity contribution in [2.75, 3.05) is 20.2 Å². The molecule has 1 heterocycles. The molecule has 0 bridgehead atoms. The zero-order chi connectivity index (χ0) is 19.3. The van der Waals surface area contributed by atoms with Gasteiger partial charge in [-0.1, -0.05) is 19.1 Å². The maximum atomic E-state index is 12.9. The molecule has 140 valence electrons. The number of aliphatic carboxylic acids is 1. The summed E-state index contributed by atoms with van der Waals surface area (Å²) in [6.45, 7) is 6.31. The van der Waals surface area contributed by atoms with Gasteiger partial charge in [0.15, 0.2) is 5.69 Å². The number of carbonyl (C=O) groups is 2. The standard InChI is InChI=1S/C18H24N4O4/c1-12(2)11-21(10-9-16(23)24)18(25)17-13(3)22(20-19-17)14-5-7-15(26-4)8-6-14/h5-8,12H,9-11H2,1-4H3,(H,23,24). The van der Waals surface area contributed by atoms with Crippen molar-refractivity contribution in [3.05, 3.63) is 35.7 Å². The van der Waals surface area contributed by atoms with Crippen molar-refractivity contribution in [1.29, 1.82) is 0 Å². The van der Waals surface area contributed by atoms with Crippen LogP contribution in [0.25, 0.3) is 5.69 Å². The van der Waals surface area contributed by atoms with Gasteiger partial charge >= 0.3 is 5.97 Å². The van der Waals surface area contributed by atoms with Gasteiger partial charge in [0.1, 0.15) is 5.75 Å². The first-order chi connectivity index (χ1) is 12.3. The van der Waals surface area contributed by atoms with E-state index in [4.69, 9.17) is 9.84 Å². The van der Waals surface area contributed by atoms with E-state index in [1.165, 1.54) is 4.90 Å². The van der Waals surface area contributed by atoms with Crippen LogP contribution in [0.2, 0.25) is 0 Å². The molecule has 0 aliphatic rings. The van der Waals surface area contributed by atoms with E-state index in [-0.39, 0.29) is 30.5 Å². The number of amides is 1. The third kappa shape index (κ3) is 4.59. The summed E-state index contributed by atoms with van der Waals surface area (Å²) in [6.07, 6.45) is -0.107. The van der Waals surface area contributed by atoms with Crippen molar-refractivity contribution in [2.45, 2.75) is 27.2 Å². The van der Waals surface area contributed by atoms with E-state index < -0.39 is 5.97 Å². The fourth-order valence-corrected chi connectivity index (χ4v) is 2.59. The lowest BCUT2D eigenvalue weighted by Crippen LogP contribution is -2.36. The number of nitrogens with zero attached hydrogens (tertiary/aromatic N) is 4. The second-order valence-electron chi connectivity index (χ2n) is 6.42. The van der Waals surface area contributed by atoms with Crippen molar-refractivity contribution < 1.29 is 19.4 Å². The minimum absolute atomic E-state index is 0.107. The van der Waals surface area contributed by atoms with Crippen molar-refractivity contribution in [3.63, 3.8) is 0 Å². The lowest BCUT2D eigenvalue weighted by Gasteiger charge is -2.23. The average Bonchev–Trinajstić information content (AvgIpc) is 2.99. The third-order valence-electron chi connectivity index (χ3n) is 3.88. The van der Waals surface area contributed by atoms with Gasteiger partial charge in [-0.3, -0.25) is 9.59 Å². The highest BCUT2D eigenvalue weighted by molar-refractivity contribution is 5.93. The number of benzene rings is 1. The van der Waals surface area contributed by atoms with E-state index in [1.807, 2.05) is 26.0 Å². The zero-order valence-electron chi connectivity index (χ0n) is 15.5. The number of hydrogen-bond donors (Lipinski definition) is 1. The highest BCUT2D eigenvalue weighted by Crippen LogP contribution is 2.18. The molecular weight excluding hydrogens is 336 g/mol. The Labute approximate surface area is 152 Å². The number of carbonyl (C=O) groups excluding carboxylic acids is 1. The van der Waals surface area contributed by atoms with Crippen molar-refractivity contribution in [3.8, 4) is 11.4 Å². The molecule has 1 aromatic heterocycles. The molecule has 26 heavy (non-hydrogen) atoms. The van der Waals surface area contributed by atoms with E-state index in [9.17, 15) is 9.59 Å². The van der Waals surface area contributed by atoms with Crippen LogP contribution in [0.4, 0.5) is 0 Å². The SMILES string of the molecule is COc1ccc(-n2nnc(C(=O)N(CCC(=O)O)CC(C)C)c2C)cc1. The van der Waals surface area contributed by atoms with E-state index >= 15 is 0 Å². The maximum absolute atomic E-state index is 12.9. The van der Waals surface area contributed by atoms with Crippen LogP contribution in [0, 0.1) is 12.8 Å². The molecule has 8 nitrogen and oxygen atoms in total. The van der Waals surface area contributed by atoms with Crippen LogP contribution in [0.15, 0.2) is 24.3 Å². The van der Waals surface area contributed by atoms with Crippen LogP contribution in [0.5, 0.6) is 5.75 Å². The quantitative estimate of drug-likeness (QED) is 0.775.